The van der Waals surface area contributed by atoms with Gasteiger partial charge in [0.25, 0.3) is 0 Å². The van der Waals surface area contributed by atoms with Crippen molar-refractivity contribution in [1.29, 1.82) is 0 Å². The van der Waals surface area contributed by atoms with Gasteiger partial charge in [0.15, 0.2) is 0 Å². The molecule has 1 aliphatic rings. The second-order valence-electron chi connectivity index (χ2n) is 4.03. The van der Waals surface area contributed by atoms with Crippen LogP contribution >= 0.6 is 11.8 Å². The zero-order valence-electron chi connectivity index (χ0n) is 9.15. The zero-order chi connectivity index (χ0) is 10.5. The first-order valence-electron chi connectivity index (χ1n) is 5.61. The maximum absolute atomic E-state index is 4.38. The van der Waals surface area contributed by atoms with Gasteiger partial charge in [-0.25, -0.2) is 0 Å². The van der Waals surface area contributed by atoms with Crippen molar-refractivity contribution in [2.45, 2.75) is 31.8 Å². The van der Waals surface area contributed by atoms with Crippen molar-refractivity contribution >= 4 is 11.8 Å². The fourth-order valence-corrected chi connectivity index (χ4v) is 3.04. The van der Waals surface area contributed by atoms with Crippen molar-refractivity contribution in [3.05, 3.63) is 30.1 Å². The zero-order valence-corrected chi connectivity index (χ0v) is 9.96. The van der Waals surface area contributed by atoms with E-state index in [2.05, 4.69) is 41.1 Å². The number of thioether (sulfide) groups is 1. The monoisotopic (exact) mass is 222 g/mol. The maximum Gasteiger partial charge on any atom is 0.0570 e. The Morgan fingerprint density at radius 1 is 1.40 bits per heavy atom. The molecule has 0 saturated carbocycles. The molecule has 2 heterocycles. The van der Waals surface area contributed by atoms with Crippen molar-refractivity contribution < 1.29 is 0 Å². The normalized spacial score (nSPS) is 20.1. The van der Waals surface area contributed by atoms with Crippen molar-refractivity contribution in [2.24, 2.45) is 0 Å². The highest BCUT2D eigenvalue weighted by Crippen LogP contribution is 2.19. The Hall–Kier alpha value is -0.540. The van der Waals surface area contributed by atoms with Gasteiger partial charge in [0.05, 0.1) is 5.69 Å². The van der Waals surface area contributed by atoms with E-state index in [1.165, 1.54) is 24.3 Å². The van der Waals surface area contributed by atoms with Gasteiger partial charge in [0, 0.05) is 18.3 Å². The van der Waals surface area contributed by atoms with Gasteiger partial charge in [-0.2, -0.15) is 11.8 Å². The number of pyridine rings is 1. The maximum atomic E-state index is 4.38. The minimum absolute atomic E-state index is 0.374. The lowest BCUT2D eigenvalue weighted by Gasteiger charge is -2.26. The Kier molecular flexibility index (Phi) is 4.03. The molecule has 15 heavy (non-hydrogen) atoms. The van der Waals surface area contributed by atoms with E-state index < -0.39 is 0 Å². The highest BCUT2D eigenvalue weighted by molar-refractivity contribution is 7.99. The van der Waals surface area contributed by atoms with Crippen molar-refractivity contribution in [1.82, 2.24) is 10.3 Å². The van der Waals surface area contributed by atoms with Gasteiger partial charge < -0.3 is 5.32 Å². The third kappa shape index (κ3) is 3.21. The minimum atomic E-state index is 0.374. The molecular weight excluding hydrogens is 204 g/mol. The van der Waals surface area contributed by atoms with E-state index in [1.807, 2.05) is 12.3 Å². The van der Waals surface area contributed by atoms with Gasteiger partial charge >= 0.3 is 0 Å². The van der Waals surface area contributed by atoms with Gasteiger partial charge in [0.2, 0.25) is 0 Å². The molecule has 2 nitrogen and oxygen atoms in total. The van der Waals surface area contributed by atoms with Crippen LogP contribution in [0.5, 0.6) is 0 Å². The van der Waals surface area contributed by atoms with Crippen LogP contribution in [-0.4, -0.2) is 22.5 Å². The van der Waals surface area contributed by atoms with E-state index in [0.717, 1.165) is 5.69 Å². The third-order valence-electron chi connectivity index (χ3n) is 2.84. The van der Waals surface area contributed by atoms with Gasteiger partial charge in [-0.1, -0.05) is 6.07 Å². The van der Waals surface area contributed by atoms with Crippen LogP contribution in [0.3, 0.4) is 0 Å². The van der Waals surface area contributed by atoms with Crippen LogP contribution in [0.15, 0.2) is 24.4 Å². The lowest BCUT2D eigenvalue weighted by atomic mass is 10.1. The molecule has 0 amide bonds. The second kappa shape index (κ2) is 5.52. The van der Waals surface area contributed by atoms with Crippen LogP contribution in [0, 0.1) is 0 Å². The molecule has 1 N–H and O–H groups in total. The van der Waals surface area contributed by atoms with E-state index >= 15 is 0 Å². The quantitative estimate of drug-likeness (QED) is 0.851. The summed E-state index contributed by atoms with van der Waals surface area (Å²) < 4.78 is 0. The van der Waals surface area contributed by atoms with E-state index in [0.29, 0.717) is 12.1 Å². The summed E-state index contributed by atoms with van der Waals surface area (Å²) in [5.74, 6) is 2.60. The number of hydrogen-bond donors (Lipinski definition) is 1. The first kappa shape index (κ1) is 11.0. The summed E-state index contributed by atoms with van der Waals surface area (Å²) in [6.07, 6.45) is 4.45. The van der Waals surface area contributed by atoms with Crippen LogP contribution in [0.1, 0.15) is 31.5 Å². The molecule has 1 atom stereocenters. The van der Waals surface area contributed by atoms with Gasteiger partial charge in [-0.3, -0.25) is 4.98 Å². The van der Waals surface area contributed by atoms with Gasteiger partial charge in [-0.05, 0) is 43.4 Å². The summed E-state index contributed by atoms with van der Waals surface area (Å²) in [5, 5.41) is 3.66. The molecule has 0 aromatic carbocycles. The largest absolute Gasteiger partial charge is 0.306 e. The number of rotatable bonds is 3. The first-order valence-corrected chi connectivity index (χ1v) is 6.76. The lowest BCUT2D eigenvalue weighted by molar-refractivity contribution is 0.426. The molecule has 0 radical (unpaired) electrons. The molecule has 0 spiro atoms. The van der Waals surface area contributed by atoms with Gasteiger partial charge in [-0.15, -0.1) is 0 Å². The van der Waals surface area contributed by atoms with Crippen molar-refractivity contribution in [2.75, 3.05) is 11.5 Å². The van der Waals surface area contributed by atoms with Crippen LogP contribution in [0.2, 0.25) is 0 Å². The Bertz CT molecular complexity index is 283. The Labute approximate surface area is 95.9 Å². The standard InChI is InChI=1S/C12H18N2S/c1-10(12-4-2-3-7-13-12)14-11-5-8-15-9-6-11/h2-4,7,10-11,14H,5-6,8-9H2,1H3. The van der Waals surface area contributed by atoms with Crippen LogP contribution in [-0.2, 0) is 0 Å². The molecule has 1 aliphatic heterocycles. The molecule has 0 bridgehead atoms. The number of aromatic nitrogens is 1. The third-order valence-corrected chi connectivity index (χ3v) is 3.89. The number of nitrogens with zero attached hydrogens (tertiary/aromatic N) is 1. The SMILES string of the molecule is CC(NC1CCSCC1)c1ccccn1. The summed E-state index contributed by atoms with van der Waals surface area (Å²) in [6, 6.07) is 7.17. The fraction of sp³-hybridized carbons (Fsp3) is 0.583. The molecular formula is C12H18N2S. The Balaban J connectivity index is 1.88. The summed E-state index contributed by atoms with van der Waals surface area (Å²) in [4.78, 5) is 4.38. The second-order valence-corrected chi connectivity index (χ2v) is 5.25. The predicted molar refractivity (Wildman–Crippen MR) is 66.1 cm³/mol. The van der Waals surface area contributed by atoms with Crippen molar-refractivity contribution in [3.8, 4) is 0 Å². The molecule has 1 fully saturated rings. The summed E-state index contributed by atoms with van der Waals surface area (Å²) in [6.45, 7) is 2.20. The number of nitrogens with one attached hydrogen (secondary N) is 1. The molecule has 1 unspecified atom stereocenters. The molecule has 1 aromatic rings. The smallest absolute Gasteiger partial charge is 0.0570 e. The van der Waals surface area contributed by atoms with E-state index in [1.54, 1.807) is 0 Å². The summed E-state index contributed by atoms with van der Waals surface area (Å²) in [5.41, 5.74) is 1.15. The summed E-state index contributed by atoms with van der Waals surface area (Å²) >= 11 is 2.07. The molecule has 82 valence electrons. The first-order chi connectivity index (χ1) is 7.36. The Morgan fingerprint density at radius 3 is 2.87 bits per heavy atom. The van der Waals surface area contributed by atoms with Crippen molar-refractivity contribution in [3.63, 3.8) is 0 Å². The highest BCUT2D eigenvalue weighted by Gasteiger charge is 2.16. The predicted octanol–water partition coefficient (Wildman–Crippen LogP) is 2.63. The van der Waals surface area contributed by atoms with E-state index in [-0.39, 0.29) is 0 Å². The molecule has 3 heteroatoms. The van der Waals surface area contributed by atoms with E-state index in [9.17, 15) is 0 Å². The minimum Gasteiger partial charge on any atom is -0.306 e. The topological polar surface area (TPSA) is 24.9 Å². The van der Waals surface area contributed by atoms with Crippen LogP contribution < -0.4 is 5.32 Å². The highest BCUT2D eigenvalue weighted by atomic mass is 32.2. The number of hydrogen-bond acceptors (Lipinski definition) is 3. The molecule has 1 saturated heterocycles. The molecule has 0 aliphatic carbocycles. The average Bonchev–Trinajstić information content (AvgIpc) is 2.31. The van der Waals surface area contributed by atoms with E-state index in [4.69, 9.17) is 0 Å². The summed E-state index contributed by atoms with van der Waals surface area (Å²) in [7, 11) is 0. The average molecular weight is 222 g/mol. The van der Waals surface area contributed by atoms with Gasteiger partial charge in [0.1, 0.15) is 0 Å². The Morgan fingerprint density at radius 2 is 2.20 bits per heavy atom. The van der Waals surface area contributed by atoms with Crippen LogP contribution in [0.4, 0.5) is 0 Å². The lowest BCUT2D eigenvalue weighted by Crippen LogP contribution is -2.34. The van der Waals surface area contributed by atoms with Crippen LogP contribution in [0.25, 0.3) is 0 Å². The molecule has 2 rings (SSSR count). The fourth-order valence-electron chi connectivity index (χ4n) is 1.94. The molecule has 1 aromatic heterocycles.